The highest BCUT2D eigenvalue weighted by Crippen LogP contribution is 2.32. The first-order valence-corrected chi connectivity index (χ1v) is 7.94. The number of benzene rings is 1. The van der Waals surface area contributed by atoms with Crippen molar-refractivity contribution in [3.8, 4) is 0 Å². The highest BCUT2D eigenvalue weighted by Gasteiger charge is 2.29. The number of nitrogens with zero attached hydrogens (tertiary/aromatic N) is 2. The Labute approximate surface area is 146 Å². The summed E-state index contributed by atoms with van der Waals surface area (Å²) in [6.45, 7) is 7.32. The van der Waals surface area contributed by atoms with Gasteiger partial charge in [-0.1, -0.05) is 20.8 Å². The van der Waals surface area contributed by atoms with Gasteiger partial charge < -0.3 is 10.6 Å². The van der Waals surface area contributed by atoms with Crippen molar-refractivity contribution >= 4 is 17.5 Å². The highest BCUT2D eigenvalue weighted by atomic mass is 19.1. The number of carbonyl (C=O) groups is 2. The third-order valence-electron chi connectivity index (χ3n) is 3.74. The lowest BCUT2D eigenvalue weighted by atomic mass is 9.83. The number of hydrogen-bond acceptors (Lipinski definition) is 3. The normalized spacial score (nSPS) is 12.6. The summed E-state index contributed by atoms with van der Waals surface area (Å²) in [6.07, 6.45) is 3.56. The zero-order valence-electron chi connectivity index (χ0n) is 15.1. The summed E-state index contributed by atoms with van der Waals surface area (Å²) in [5.74, 6) is -1.35. The molecule has 2 rings (SSSR count). The van der Waals surface area contributed by atoms with E-state index < -0.39 is 11.7 Å². The summed E-state index contributed by atoms with van der Waals surface area (Å²) in [4.78, 5) is 23.8. The minimum Gasteiger partial charge on any atom is -0.345 e. The molecule has 0 saturated heterocycles. The molecule has 0 spiro atoms. The number of aryl methyl sites for hydroxylation is 1. The van der Waals surface area contributed by atoms with Gasteiger partial charge in [0.15, 0.2) is 0 Å². The van der Waals surface area contributed by atoms with E-state index in [9.17, 15) is 14.0 Å². The van der Waals surface area contributed by atoms with Gasteiger partial charge in [0.25, 0.3) is 5.91 Å². The maximum Gasteiger partial charge on any atom is 0.251 e. The summed E-state index contributed by atoms with van der Waals surface area (Å²) in [5, 5.41) is 9.51. The first kappa shape index (κ1) is 18.6. The van der Waals surface area contributed by atoms with Crippen LogP contribution < -0.4 is 10.6 Å². The minimum atomic E-state index is -0.591. The van der Waals surface area contributed by atoms with Crippen LogP contribution in [0.5, 0.6) is 0 Å². The molecule has 2 amide bonds. The summed E-state index contributed by atoms with van der Waals surface area (Å²) in [6, 6.07) is 3.60. The zero-order valence-corrected chi connectivity index (χ0v) is 15.1. The molecule has 1 aromatic heterocycles. The van der Waals surface area contributed by atoms with Gasteiger partial charge in [0.1, 0.15) is 5.82 Å². The molecule has 0 radical (unpaired) electrons. The van der Waals surface area contributed by atoms with E-state index in [1.165, 1.54) is 19.1 Å². The lowest BCUT2D eigenvalue weighted by molar-refractivity contribution is -0.114. The number of nitrogens with one attached hydrogen (secondary N) is 2. The largest absolute Gasteiger partial charge is 0.345 e. The summed E-state index contributed by atoms with van der Waals surface area (Å²) in [5.41, 5.74) is 0.879. The van der Waals surface area contributed by atoms with Crippen molar-refractivity contribution in [1.29, 1.82) is 0 Å². The molecule has 0 fully saturated rings. The molecule has 2 aromatic rings. The second-order valence-corrected chi connectivity index (χ2v) is 7.10. The fourth-order valence-electron chi connectivity index (χ4n) is 2.56. The lowest BCUT2D eigenvalue weighted by Gasteiger charge is -2.31. The van der Waals surface area contributed by atoms with Crippen LogP contribution in [-0.2, 0) is 11.8 Å². The summed E-state index contributed by atoms with van der Waals surface area (Å²) in [7, 11) is 1.81. The van der Waals surface area contributed by atoms with Crippen LogP contribution in [0, 0.1) is 11.2 Å². The fraction of sp³-hybridized carbons (Fsp3) is 0.389. The molecule has 1 aromatic carbocycles. The second kappa shape index (κ2) is 7.04. The minimum absolute atomic E-state index is 0.0196. The molecule has 1 heterocycles. The number of halogens is 1. The van der Waals surface area contributed by atoms with E-state index in [4.69, 9.17) is 0 Å². The standard InChI is InChI=1S/C18H23FN4O2/c1-11(24)21-15-8-12(6-7-14(15)19)17(25)22-16(18(2,3)4)13-9-20-23(5)10-13/h6-10,16H,1-5H3,(H,21,24)(H,22,25)/t16-/m0/s1. The van der Waals surface area contributed by atoms with Crippen LogP contribution in [0.1, 0.15) is 49.7 Å². The number of carbonyl (C=O) groups excluding carboxylic acids is 2. The van der Waals surface area contributed by atoms with Gasteiger partial charge >= 0.3 is 0 Å². The van der Waals surface area contributed by atoms with Crippen molar-refractivity contribution in [2.45, 2.75) is 33.7 Å². The average molecular weight is 346 g/mol. The Hall–Kier alpha value is -2.70. The lowest BCUT2D eigenvalue weighted by Crippen LogP contribution is -2.36. The third kappa shape index (κ3) is 4.65. The van der Waals surface area contributed by atoms with E-state index in [1.807, 2.05) is 34.0 Å². The molecule has 6 nitrogen and oxygen atoms in total. The van der Waals surface area contributed by atoms with Crippen molar-refractivity contribution in [3.63, 3.8) is 0 Å². The fourth-order valence-corrected chi connectivity index (χ4v) is 2.56. The van der Waals surface area contributed by atoms with Crippen molar-refractivity contribution in [2.75, 3.05) is 5.32 Å². The number of aromatic nitrogens is 2. The summed E-state index contributed by atoms with van der Waals surface area (Å²) < 4.78 is 15.4. The van der Waals surface area contributed by atoms with Crippen molar-refractivity contribution in [1.82, 2.24) is 15.1 Å². The van der Waals surface area contributed by atoms with Gasteiger partial charge in [-0.25, -0.2) is 4.39 Å². The zero-order chi connectivity index (χ0) is 18.8. The molecule has 0 bridgehead atoms. The number of amides is 2. The quantitative estimate of drug-likeness (QED) is 0.893. The van der Waals surface area contributed by atoms with Crippen LogP contribution in [0.15, 0.2) is 30.6 Å². The summed E-state index contributed by atoms with van der Waals surface area (Å²) >= 11 is 0. The van der Waals surface area contributed by atoms with Crippen LogP contribution in [0.2, 0.25) is 0 Å². The topological polar surface area (TPSA) is 76.0 Å². The molecule has 0 saturated carbocycles. The molecule has 7 heteroatoms. The van der Waals surface area contributed by atoms with Crippen LogP contribution in [-0.4, -0.2) is 21.6 Å². The van der Waals surface area contributed by atoms with Crippen LogP contribution in [0.4, 0.5) is 10.1 Å². The Bertz CT molecular complexity index is 793. The molecular weight excluding hydrogens is 323 g/mol. The van der Waals surface area contributed by atoms with Crippen molar-refractivity contribution in [2.24, 2.45) is 12.5 Å². The molecule has 134 valence electrons. The van der Waals surface area contributed by atoms with Crippen LogP contribution in [0.3, 0.4) is 0 Å². The van der Waals surface area contributed by atoms with E-state index in [0.29, 0.717) is 0 Å². The Morgan fingerprint density at radius 2 is 1.96 bits per heavy atom. The highest BCUT2D eigenvalue weighted by molar-refractivity contribution is 5.97. The van der Waals surface area contributed by atoms with Gasteiger partial charge in [0.05, 0.1) is 17.9 Å². The maximum atomic E-state index is 13.8. The molecule has 25 heavy (non-hydrogen) atoms. The maximum absolute atomic E-state index is 13.8. The van der Waals surface area contributed by atoms with Gasteiger partial charge in [-0.15, -0.1) is 0 Å². The average Bonchev–Trinajstić information content (AvgIpc) is 2.91. The number of anilines is 1. The Morgan fingerprint density at radius 1 is 1.28 bits per heavy atom. The van der Waals surface area contributed by atoms with Gasteiger partial charge in [-0.3, -0.25) is 14.3 Å². The van der Waals surface area contributed by atoms with Crippen molar-refractivity contribution < 1.29 is 14.0 Å². The molecular formula is C18H23FN4O2. The third-order valence-corrected chi connectivity index (χ3v) is 3.74. The van der Waals surface area contributed by atoms with Crippen LogP contribution >= 0.6 is 0 Å². The molecule has 2 N–H and O–H groups in total. The second-order valence-electron chi connectivity index (χ2n) is 7.10. The molecule has 0 unspecified atom stereocenters. The Balaban J connectivity index is 2.28. The molecule has 0 aliphatic rings. The number of rotatable bonds is 4. The van der Waals surface area contributed by atoms with E-state index in [-0.39, 0.29) is 28.6 Å². The molecule has 0 aliphatic carbocycles. The molecule has 1 atom stereocenters. The van der Waals surface area contributed by atoms with Crippen molar-refractivity contribution in [3.05, 3.63) is 47.5 Å². The molecule has 0 aliphatic heterocycles. The first-order chi connectivity index (χ1) is 11.6. The van der Waals surface area contributed by atoms with E-state index in [1.54, 1.807) is 10.9 Å². The van der Waals surface area contributed by atoms with Gasteiger partial charge in [0, 0.05) is 31.3 Å². The van der Waals surface area contributed by atoms with Gasteiger partial charge in [-0.2, -0.15) is 5.10 Å². The van der Waals surface area contributed by atoms with E-state index >= 15 is 0 Å². The Kier molecular flexibility index (Phi) is 5.25. The predicted octanol–water partition coefficient (Wildman–Crippen LogP) is 3.03. The first-order valence-electron chi connectivity index (χ1n) is 7.94. The van der Waals surface area contributed by atoms with Gasteiger partial charge in [-0.05, 0) is 23.6 Å². The van der Waals surface area contributed by atoms with E-state index in [2.05, 4.69) is 15.7 Å². The van der Waals surface area contributed by atoms with Crippen LogP contribution in [0.25, 0.3) is 0 Å². The SMILES string of the molecule is CC(=O)Nc1cc(C(=O)N[C@@H](c2cnn(C)c2)C(C)(C)C)ccc1F. The monoisotopic (exact) mass is 346 g/mol. The van der Waals surface area contributed by atoms with Gasteiger partial charge in [0.2, 0.25) is 5.91 Å². The van der Waals surface area contributed by atoms with E-state index in [0.717, 1.165) is 11.6 Å². The predicted molar refractivity (Wildman–Crippen MR) is 93.6 cm³/mol. The number of hydrogen-bond donors (Lipinski definition) is 2. The Morgan fingerprint density at radius 3 is 2.48 bits per heavy atom. The smallest absolute Gasteiger partial charge is 0.251 e.